The van der Waals surface area contributed by atoms with Crippen molar-refractivity contribution >= 4 is 22.2 Å². The standard InChI is InChI=1S/C21H19N3OS/c1-15-7-9-17(10-8-15)18-13-24-19(14-26-21(24)23-18)20(25)22-12-11-16-5-3-2-4-6-16/h2-10,13-14H,11-12H2,1H3,(H,22,25). The lowest BCUT2D eigenvalue weighted by Crippen LogP contribution is -2.26. The Hall–Kier alpha value is -2.92. The van der Waals surface area contributed by atoms with Crippen LogP contribution in [0.5, 0.6) is 0 Å². The number of fused-ring (bicyclic) bond motifs is 1. The first-order valence-corrected chi connectivity index (χ1v) is 9.44. The zero-order chi connectivity index (χ0) is 17.9. The van der Waals surface area contributed by atoms with Crippen LogP contribution >= 0.6 is 11.3 Å². The van der Waals surface area contributed by atoms with E-state index in [2.05, 4.69) is 53.6 Å². The summed E-state index contributed by atoms with van der Waals surface area (Å²) in [6.45, 7) is 2.67. The number of rotatable bonds is 5. The monoisotopic (exact) mass is 361 g/mol. The molecule has 0 aliphatic heterocycles. The molecule has 0 saturated heterocycles. The van der Waals surface area contributed by atoms with Gasteiger partial charge in [-0.3, -0.25) is 9.20 Å². The molecule has 0 unspecified atom stereocenters. The van der Waals surface area contributed by atoms with Crippen LogP contribution in [-0.2, 0) is 6.42 Å². The van der Waals surface area contributed by atoms with Gasteiger partial charge < -0.3 is 5.32 Å². The van der Waals surface area contributed by atoms with Crippen LogP contribution in [0.15, 0.2) is 66.2 Å². The largest absolute Gasteiger partial charge is 0.350 e. The zero-order valence-electron chi connectivity index (χ0n) is 14.5. The fourth-order valence-electron chi connectivity index (χ4n) is 2.87. The molecule has 1 amide bonds. The molecule has 0 bridgehead atoms. The second kappa shape index (κ2) is 7.14. The number of nitrogens with one attached hydrogen (secondary N) is 1. The van der Waals surface area contributed by atoms with E-state index < -0.39 is 0 Å². The number of amides is 1. The van der Waals surface area contributed by atoms with Crippen LogP contribution in [0.1, 0.15) is 21.6 Å². The number of nitrogens with zero attached hydrogens (tertiary/aromatic N) is 2. The number of thiazole rings is 1. The summed E-state index contributed by atoms with van der Waals surface area (Å²) in [6.07, 6.45) is 2.75. The van der Waals surface area contributed by atoms with Crippen molar-refractivity contribution in [3.8, 4) is 11.3 Å². The Kier molecular flexibility index (Phi) is 4.54. The van der Waals surface area contributed by atoms with E-state index in [1.54, 1.807) is 0 Å². The fraction of sp³-hybridized carbons (Fsp3) is 0.143. The van der Waals surface area contributed by atoms with Crippen molar-refractivity contribution in [3.63, 3.8) is 0 Å². The lowest BCUT2D eigenvalue weighted by atomic mass is 10.1. The summed E-state index contributed by atoms with van der Waals surface area (Å²) in [7, 11) is 0. The highest BCUT2D eigenvalue weighted by molar-refractivity contribution is 7.15. The summed E-state index contributed by atoms with van der Waals surface area (Å²) >= 11 is 1.48. The Morgan fingerprint density at radius 1 is 1.12 bits per heavy atom. The Morgan fingerprint density at radius 3 is 2.65 bits per heavy atom. The molecule has 0 aliphatic carbocycles. The molecular weight excluding hydrogens is 342 g/mol. The molecule has 4 nitrogen and oxygen atoms in total. The van der Waals surface area contributed by atoms with Crippen LogP contribution in [-0.4, -0.2) is 21.8 Å². The van der Waals surface area contributed by atoms with Gasteiger partial charge in [-0.25, -0.2) is 4.98 Å². The van der Waals surface area contributed by atoms with Crippen molar-refractivity contribution in [2.75, 3.05) is 6.54 Å². The second-order valence-corrected chi connectivity index (χ2v) is 7.09. The molecule has 0 atom stereocenters. The third-order valence-electron chi connectivity index (χ3n) is 4.33. The van der Waals surface area contributed by atoms with Crippen LogP contribution < -0.4 is 5.32 Å². The molecule has 0 radical (unpaired) electrons. The van der Waals surface area contributed by atoms with Crippen LogP contribution in [0.4, 0.5) is 0 Å². The highest BCUT2D eigenvalue weighted by Gasteiger charge is 2.14. The number of aromatic nitrogens is 2. The molecule has 5 heteroatoms. The van der Waals surface area contributed by atoms with E-state index in [9.17, 15) is 4.79 Å². The van der Waals surface area contributed by atoms with E-state index in [1.165, 1.54) is 22.5 Å². The van der Waals surface area contributed by atoms with Gasteiger partial charge in [-0.2, -0.15) is 0 Å². The molecule has 130 valence electrons. The van der Waals surface area contributed by atoms with Gasteiger partial charge in [-0.1, -0.05) is 60.2 Å². The van der Waals surface area contributed by atoms with Crippen molar-refractivity contribution in [1.29, 1.82) is 0 Å². The molecular formula is C21H19N3OS. The Labute approximate surface area is 156 Å². The predicted molar refractivity (Wildman–Crippen MR) is 106 cm³/mol. The average Bonchev–Trinajstić information content (AvgIpc) is 3.24. The van der Waals surface area contributed by atoms with E-state index in [0.29, 0.717) is 12.2 Å². The molecule has 0 saturated carbocycles. The molecule has 2 aromatic heterocycles. The molecule has 0 spiro atoms. The predicted octanol–water partition coefficient (Wildman–Crippen LogP) is 4.34. The van der Waals surface area contributed by atoms with Gasteiger partial charge in [0.1, 0.15) is 5.69 Å². The van der Waals surface area contributed by atoms with Crippen LogP contribution in [0.2, 0.25) is 0 Å². The maximum atomic E-state index is 12.5. The third-order valence-corrected chi connectivity index (χ3v) is 5.17. The van der Waals surface area contributed by atoms with Crippen molar-refractivity contribution < 1.29 is 4.79 Å². The first kappa shape index (κ1) is 16.5. The van der Waals surface area contributed by atoms with Crippen molar-refractivity contribution in [2.24, 2.45) is 0 Å². The number of carbonyl (C=O) groups is 1. The summed E-state index contributed by atoms with van der Waals surface area (Å²) in [5.41, 5.74) is 5.00. The minimum atomic E-state index is -0.0694. The highest BCUT2D eigenvalue weighted by Crippen LogP contribution is 2.24. The average molecular weight is 361 g/mol. The first-order chi connectivity index (χ1) is 12.7. The minimum absolute atomic E-state index is 0.0694. The van der Waals surface area contributed by atoms with Gasteiger partial charge in [0, 0.05) is 23.7 Å². The van der Waals surface area contributed by atoms with Crippen molar-refractivity contribution in [3.05, 3.63) is 83.0 Å². The lowest BCUT2D eigenvalue weighted by molar-refractivity contribution is 0.0948. The lowest BCUT2D eigenvalue weighted by Gasteiger charge is -2.04. The maximum absolute atomic E-state index is 12.5. The highest BCUT2D eigenvalue weighted by atomic mass is 32.1. The SMILES string of the molecule is Cc1ccc(-c2cn3c(C(=O)NCCc4ccccc4)csc3n2)cc1. The normalized spacial score (nSPS) is 11.0. The molecule has 2 heterocycles. The molecule has 26 heavy (non-hydrogen) atoms. The zero-order valence-corrected chi connectivity index (χ0v) is 15.3. The van der Waals surface area contributed by atoms with E-state index >= 15 is 0 Å². The van der Waals surface area contributed by atoms with Gasteiger partial charge in [-0.05, 0) is 18.9 Å². The van der Waals surface area contributed by atoms with Crippen molar-refractivity contribution in [1.82, 2.24) is 14.7 Å². The summed E-state index contributed by atoms with van der Waals surface area (Å²) in [4.78, 5) is 18.0. The second-order valence-electron chi connectivity index (χ2n) is 6.26. The van der Waals surface area contributed by atoms with Gasteiger partial charge >= 0.3 is 0 Å². The van der Waals surface area contributed by atoms with Crippen LogP contribution in [0.3, 0.4) is 0 Å². The summed E-state index contributed by atoms with van der Waals surface area (Å²) in [6, 6.07) is 18.4. The van der Waals surface area contributed by atoms with Gasteiger partial charge in [0.05, 0.1) is 5.69 Å². The number of imidazole rings is 1. The molecule has 4 rings (SSSR count). The molecule has 1 N–H and O–H groups in total. The molecule has 0 aliphatic rings. The first-order valence-electron chi connectivity index (χ1n) is 8.56. The fourth-order valence-corrected chi connectivity index (χ4v) is 3.72. The third kappa shape index (κ3) is 3.39. The summed E-state index contributed by atoms with van der Waals surface area (Å²) in [5, 5.41) is 4.86. The topological polar surface area (TPSA) is 46.4 Å². The number of aryl methyl sites for hydroxylation is 1. The quantitative estimate of drug-likeness (QED) is 0.575. The minimum Gasteiger partial charge on any atom is -0.350 e. The summed E-state index contributed by atoms with van der Waals surface area (Å²) < 4.78 is 1.87. The Morgan fingerprint density at radius 2 is 1.88 bits per heavy atom. The van der Waals surface area contributed by atoms with E-state index in [-0.39, 0.29) is 5.91 Å². The maximum Gasteiger partial charge on any atom is 0.269 e. The summed E-state index contributed by atoms with van der Waals surface area (Å²) in [5.74, 6) is -0.0694. The van der Waals surface area contributed by atoms with Crippen LogP contribution in [0.25, 0.3) is 16.2 Å². The van der Waals surface area contributed by atoms with Gasteiger partial charge in [0.2, 0.25) is 0 Å². The van der Waals surface area contributed by atoms with Gasteiger partial charge in [0.15, 0.2) is 4.96 Å². The van der Waals surface area contributed by atoms with Gasteiger partial charge in [-0.15, -0.1) is 11.3 Å². The number of carbonyl (C=O) groups excluding carboxylic acids is 1. The molecule has 2 aromatic carbocycles. The number of benzene rings is 2. The van der Waals surface area contributed by atoms with Gasteiger partial charge in [0.25, 0.3) is 5.91 Å². The van der Waals surface area contributed by atoms with E-state index in [1.807, 2.05) is 34.2 Å². The Bertz CT molecular complexity index is 1030. The van der Waals surface area contributed by atoms with Crippen molar-refractivity contribution in [2.45, 2.75) is 13.3 Å². The number of hydrogen-bond acceptors (Lipinski definition) is 3. The Balaban J connectivity index is 1.49. The number of hydrogen-bond donors (Lipinski definition) is 1. The smallest absolute Gasteiger partial charge is 0.269 e. The van der Waals surface area contributed by atoms with E-state index in [4.69, 9.17) is 0 Å². The molecule has 0 fully saturated rings. The van der Waals surface area contributed by atoms with Crippen LogP contribution in [0, 0.1) is 6.92 Å². The van der Waals surface area contributed by atoms with E-state index in [0.717, 1.165) is 22.6 Å². The molecule has 4 aromatic rings.